The maximum atomic E-state index is 12.1. The molecular weight excluding hydrogens is 466 g/mol. The summed E-state index contributed by atoms with van der Waals surface area (Å²) >= 11 is 4.62. The van der Waals surface area contributed by atoms with Gasteiger partial charge in [-0.05, 0) is 51.2 Å². The number of amides is 1. The fourth-order valence-electron chi connectivity index (χ4n) is 2.55. The number of benzene rings is 1. The van der Waals surface area contributed by atoms with Crippen molar-refractivity contribution in [3.63, 3.8) is 0 Å². The van der Waals surface area contributed by atoms with E-state index in [2.05, 4.69) is 69.3 Å². The molecule has 0 aliphatic heterocycles. The fourth-order valence-corrected chi connectivity index (χ4v) is 3.52. The lowest BCUT2D eigenvalue weighted by Crippen LogP contribution is -2.15. The number of anilines is 1. The van der Waals surface area contributed by atoms with E-state index in [1.165, 1.54) is 17.3 Å². The van der Waals surface area contributed by atoms with Gasteiger partial charge in [0.2, 0.25) is 5.91 Å². The number of carbonyl (C=O) groups is 1. The lowest BCUT2D eigenvalue weighted by molar-refractivity contribution is -0.113. The highest BCUT2D eigenvalue weighted by molar-refractivity contribution is 9.10. The Kier molecular flexibility index (Phi) is 7.14. The van der Waals surface area contributed by atoms with Crippen molar-refractivity contribution in [1.82, 2.24) is 19.7 Å². The van der Waals surface area contributed by atoms with Crippen molar-refractivity contribution in [2.24, 2.45) is 7.05 Å². The Morgan fingerprint density at radius 1 is 1.17 bits per heavy atom. The van der Waals surface area contributed by atoms with Crippen molar-refractivity contribution >= 4 is 39.4 Å². The number of hydrogen-bond donors (Lipinski definition) is 1. The fraction of sp³-hybridized carbons (Fsp3) is 0.333. The van der Waals surface area contributed by atoms with Crippen LogP contribution in [0.3, 0.4) is 0 Å². The second-order valence-electron chi connectivity index (χ2n) is 7.72. The highest BCUT2D eigenvalue weighted by Crippen LogP contribution is 2.25. The quantitative estimate of drug-likeness (QED) is 0.489. The smallest absolute Gasteiger partial charge is 0.236 e. The molecule has 0 fully saturated rings. The summed E-state index contributed by atoms with van der Waals surface area (Å²) in [5, 5.41) is 11.7. The summed E-state index contributed by atoms with van der Waals surface area (Å²) < 4.78 is 8.53. The maximum absolute atomic E-state index is 12.1. The van der Waals surface area contributed by atoms with E-state index in [-0.39, 0.29) is 17.1 Å². The molecule has 0 aliphatic carbocycles. The van der Waals surface area contributed by atoms with E-state index in [9.17, 15) is 4.79 Å². The number of hydrogen-bond acceptors (Lipinski definition) is 6. The van der Waals surface area contributed by atoms with E-state index < -0.39 is 0 Å². The summed E-state index contributed by atoms with van der Waals surface area (Å²) in [6, 6.07) is 11.6. The van der Waals surface area contributed by atoms with Gasteiger partial charge in [-0.15, -0.1) is 10.2 Å². The molecule has 0 bridgehead atoms. The number of nitrogens with one attached hydrogen (secondary N) is 1. The van der Waals surface area contributed by atoms with E-state index in [0.717, 1.165) is 10.2 Å². The molecule has 0 aliphatic rings. The molecule has 0 saturated heterocycles. The summed E-state index contributed by atoms with van der Waals surface area (Å²) in [4.78, 5) is 16.3. The molecule has 3 aromatic rings. The average molecular weight is 490 g/mol. The summed E-state index contributed by atoms with van der Waals surface area (Å²) in [5.41, 5.74) is 1.36. The summed E-state index contributed by atoms with van der Waals surface area (Å²) in [6.45, 7) is 6.83. The molecule has 0 unspecified atom stereocenters. The number of pyridine rings is 1. The van der Waals surface area contributed by atoms with Crippen LogP contribution in [0.2, 0.25) is 0 Å². The van der Waals surface area contributed by atoms with E-state index in [1.807, 2.05) is 29.8 Å². The van der Waals surface area contributed by atoms with Gasteiger partial charge in [0.25, 0.3) is 0 Å². The minimum Gasteiger partial charge on any atom is -0.486 e. The number of carbonyl (C=O) groups excluding carboxylic acids is 1. The van der Waals surface area contributed by atoms with Crippen molar-refractivity contribution in [1.29, 1.82) is 0 Å². The van der Waals surface area contributed by atoms with Gasteiger partial charge in [-0.1, -0.05) is 44.7 Å². The predicted molar refractivity (Wildman–Crippen MR) is 122 cm³/mol. The van der Waals surface area contributed by atoms with Crippen LogP contribution in [0.15, 0.2) is 52.2 Å². The zero-order chi connectivity index (χ0) is 21.7. The highest BCUT2D eigenvalue weighted by atomic mass is 79.9. The van der Waals surface area contributed by atoms with Gasteiger partial charge in [0.05, 0.1) is 5.75 Å². The third kappa shape index (κ3) is 6.06. The molecule has 0 saturated carbocycles. The van der Waals surface area contributed by atoms with Crippen LogP contribution in [0.5, 0.6) is 5.75 Å². The minimum absolute atomic E-state index is 0.105. The van der Waals surface area contributed by atoms with Crippen LogP contribution >= 0.6 is 27.7 Å². The van der Waals surface area contributed by atoms with Crippen LogP contribution in [0.1, 0.15) is 32.2 Å². The van der Waals surface area contributed by atoms with Crippen molar-refractivity contribution in [2.75, 3.05) is 11.1 Å². The van der Waals surface area contributed by atoms with Crippen molar-refractivity contribution in [2.45, 2.75) is 37.9 Å². The van der Waals surface area contributed by atoms with Crippen LogP contribution in [0, 0.1) is 0 Å². The minimum atomic E-state index is -0.158. The predicted octanol–water partition coefficient (Wildman–Crippen LogP) is 4.58. The van der Waals surface area contributed by atoms with Gasteiger partial charge in [-0.2, -0.15) is 0 Å². The molecular formula is C21H24BrN5O2S. The van der Waals surface area contributed by atoms with Crippen LogP contribution in [-0.4, -0.2) is 31.4 Å². The molecule has 3 rings (SSSR count). The van der Waals surface area contributed by atoms with Gasteiger partial charge in [-0.3, -0.25) is 4.79 Å². The highest BCUT2D eigenvalue weighted by Gasteiger charge is 2.14. The normalized spacial score (nSPS) is 11.4. The van der Waals surface area contributed by atoms with Crippen LogP contribution in [0.25, 0.3) is 0 Å². The van der Waals surface area contributed by atoms with Crippen LogP contribution < -0.4 is 10.1 Å². The Balaban J connectivity index is 1.51. The van der Waals surface area contributed by atoms with Crippen LogP contribution in [0.4, 0.5) is 5.82 Å². The number of aromatic nitrogens is 4. The lowest BCUT2D eigenvalue weighted by Gasteiger charge is -2.19. The topological polar surface area (TPSA) is 81.9 Å². The number of rotatable bonds is 7. The average Bonchev–Trinajstić information content (AvgIpc) is 3.06. The molecule has 0 atom stereocenters. The third-order valence-electron chi connectivity index (χ3n) is 4.34. The molecule has 1 N–H and O–H groups in total. The first-order valence-corrected chi connectivity index (χ1v) is 11.2. The third-order valence-corrected chi connectivity index (χ3v) is 5.83. The van der Waals surface area contributed by atoms with Crippen molar-refractivity contribution in [3.05, 3.63) is 58.5 Å². The van der Waals surface area contributed by atoms with Crippen molar-refractivity contribution in [3.8, 4) is 5.75 Å². The van der Waals surface area contributed by atoms with Gasteiger partial charge >= 0.3 is 0 Å². The second-order valence-corrected chi connectivity index (χ2v) is 9.58. The molecule has 0 spiro atoms. The Morgan fingerprint density at radius 2 is 1.90 bits per heavy atom. The Morgan fingerprint density at radius 3 is 2.53 bits per heavy atom. The first kappa shape index (κ1) is 22.3. The van der Waals surface area contributed by atoms with Crippen LogP contribution in [-0.2, 0) is 23.9 Å². The molecule has 0 radical (unpaired) electrons. The SMILES string of the molecule is Cn1c(COc2ccc(C(C)(C)C)cc2)nnc1SCC(=O)Nc1ccc(Br)cn1. The van der Waals surface area contributed by atoms with Gasteiger partial charge in [0.15, 0.2) is 11.0 Å². The Bertz CT molecular complexity index is 998. The number of thioether (sulfide) groups is 1. The zero-order valence-corrected chi connectivity index (χ0v) is 19.7. The van der Waals surface area contributed by atoms with E-state index >= 15 is 0 Å². The summed E-state index contributed by atoms with van der Waals surface area (Å²) in [5.74, 6) is 2.02. The van der Waals surface area contributed by atoms with Gasteiger partial charge in [0.1, 0.15) is 18.2 Å². The van der Waals surface area contributed by atoms with Gasteiger partial charge < -0.3 is 14.6 Å². The second kappa shape index (κ2) is 9.61. The van der Waals surface area contributed by atoms with Gasteiger partial charge in [0, 0.05) is 17.7 Å². The van der Waals surface area contributed by atoms with E-state index in [4.69, 9.17) is 4.74 Å². The zero-order valence-electron chi connectivity index (χ0n) is 17.3. The molecule has 158 valence electrons. The Labute approximate surface area is 188 Å². The Hall–Kier alpha value is -2.39. The van der Waals surface area contributed by atoms with E-state index in [0.29, 0.717) is 23.4 Å². The molecule has 2 heterocycles. The number of ether oxygens (including phenoxy) is 1. The first-order valence-electron chi connectivity index (χ1n) is 9.38. The molecule has 1 aromatic carbocycles. The lowest BCUT2D eigenvalue weighted by atomic mass is 9.87. The number of nitrogens with zero attached hydrogens (tertiary/aromatic N) is 4. The summed E-state index contributed by atoms with van der Waals surface area (Å²) in [6.07, 6.45) is 1.63. The monoisotopic (exact) mass is 489 g/mol. The molecule has 2 aromatic heterocycles. The van der Waals surface area contributed by atoms with Gasteiger partial charge in [-0.25, -0.2) is 4.98 Å². The van der Waals surface area contributed by atoms with Crippen molar-refractivity contribution < 1.29 is 9.53 Å². The molecule has 1 amide bonds. The maximum Gasteiger partial charge on any atom is 0.236 e. The molecule has 30 heavy (non-hydrogen) atoms. The largest absolute Gasteiger partial charge is 0.486 e. The molecule has 9 heteroatoms. The first-order chi connectivity index (χ1) is 14.2. The summed E-state index contributed by atoms with van der Waals surface area (Å²) in [7, 11) is 1.86. The number of halogens is 1. The van der Waals surface area contributed by atoms with E-state index in [1.54, 1.807) is 12.3 Å². The standard InChI is InChI=1S/C21H24BrN5O2S/c1-21(2,3)14-5-8-16(9-6-14)29-12-18-25-26-20(27(18)4)30-13-19(28)24-17-10-7-15(22)11-23-17/h5-11H,12-13H2,1-4H3,(H,23,24,28). The molecule has 7 nitrogen and oxygen atoms in total.